The molecule has 0 bridgehead atoms. The quantitative estimate of drug-likeness (QED) is 0.247. The van der Waals surface area contributed by atoms with Crippen molar-refractivity contribution >= 4 is 75.1 Å². The second-order valence-corrected chi connectivity index (χ2v) is 8.48. The van der Waals surface area contributed by atoms with Gasteiger partial charge in [0.25, 0.3) is 11.6 Å². The molecule has 0 atom stereocenters. The van der Waals surface area contributed by atoms with Crippen molar-refractivity contribution in [3.05, 3.63) is 84.4 Å². The monoisotopic (exact) mass is 493 g/mol. The number of halogens is 3. The first kappa shape index (κ1) is 21.5. The second-order valence-electron chi connectivity index (χ2n) is 6.20. The van der Waals surface area contributed by atoms with Gasteiger partial charge in [0.05, 0.1) is 25.6 Å². The van der Waals surface area contributed by atoms with Gasteiger partial charge >= 0.3 is 0 Å². The van der Waals surface area contributed by atoms with E-state index in [0.717, 1.165) is 11.8 Å². The third-order valence-electron chi connectivity index (χ3n) is 4.11. The van der Waals surface area contributed by atoms with Gasteiger partial charge in [0, 0.05) is 28.8 Å². The van der Waals surface area contributed by atoms with Crippen LogP contribution in [0.15, 0.2) is 62.8 Å². The molecule has 4 rings (SSSR count). The van der Waals surface area contributed by atoms with Gasteiger partial charge < -0.3 is 9.73 Å². The first-order valence-corrected chi connectivity index (χ1v) is 10.5. The summed E-state index contributed by atoms with van der Waals surface area (Å²) in [5.74, 6) is 0.591. The van der Waals surface area contributed by atoms with E-state index in [1.165, 1.54) is 18.2 Å². The number of aliphatic imine (C=N–C) groups is 1. The molecule has 1 aromatic heterocycles. The van der Waals surface area contributed by atoms with E-state index in [1.807, 2.05) is 0 Å². The molecule has 2 heterocycles. The van der Waals surface area contributed by atoms with E-state index in [2.05, 4.69) is 10.3 Å². The first-order chi connectivity index (χ1) is 14.8. The molecular formula is C20H10Cl3N3O4S. The normalized spacial score (nSPS) is 16.2. The smallest absolute Gasteiger partial charge is 0.271 e. The molecule has 1 fully saturated rings. The van der Waals surface area contributed by atoms with Crippen LogP contribution in [0.2, 0.25) is 15.1 Å². The number of carbonyl (C=O) groups is 1. The SMILES string of the molecule is O=C1NC(=Nc2ccc([N+](=O)[O-])cc2Cl)S/C1=C/c1ccc(-c2cc(Cl)ccc2Cl)o1. The topological polar surface area (TPSA) is 97.7 Å². The van der Waals surface area contributed by atoms with Crippen molar-refractivity contribution in [2.75, 3.05) is 0 Å². The summed E-state index contributed by atoms with van der Waals surface area (Å²) in [6, 6.07) is 12.4. The van der Waals surface area contributed by atoms with Gasteiger partial charge in [0.1, 0.15) is 11.5 Å². The van der Waals surface area contributed by atoms with Gasteiger partial charge in [-0.3, -0.25) is 14.9 Å². The zero-order valence-electron chi connectivity index (χ0n) is 15.3. The summed E-state index contributed by atoms with van der Waals surface area (Å²) >= 11 is 19.4. The van der Waals surface area contributed by atoms with Crippen LogP contribution in [0.25, 0.3) is 17.4 Å². The lowest BCUT2D eigenvalue weighted by Crippen LogP contribution is -2.19. The summed E-state index contributed by atoms with van der Waals surface area (Å²) < 4.78 is 5.79. The molecule has 3 aromatic rings. The third kappa shape index (κ3) is 4.77. The minimum Gasteiger partial charge on any atom is -0.457 e. The predicted octanol–water partition coefficient (Wildman–Crippen LogP) is 6.71. The molecule has 0 unspecified atom stereocenters. The van der Waals surface area contributed by atoms with Crippen LogP contribution < -0.4 is 5.32 Å². The Labute approximate surface area is 194 Å². The van der Waals surface area contributed by atoms with Crippen molar-refractivity contribution in [3.63, 3.8) is 0 Å². The van der Waals surface area contributed by atoms with Gasteiger partial charge in [-0.05, 0) is 48.2 Å². The zero-order valence-corrected chi connectivity index (χ0v) is 18.3. The lowest BCUT2D eigenvalue weighted by molar-refractivity contribution is -0.384. The fourth-order valence-corrected chi connectivity index (χ4v) is 4.10. The van der Waals surface area contributed by atoms with Gasteiger partial charge in [-0.15, -0.1) is 0 Å². The highest BCUT2D eigenvalue weighted by molar-refractivity contribution is 8.18. The summed E-state index contributed by atoms with van der Waals surface area (Å²) in [6.07, 6.45) is 1.57. The number of non-ortho nitro benzene ring substituents is 1. The van der Waals surface area contributed by atoms with Gasteiger partial charge in [-0.25, -0.2) is 4.99 Å². The van der Waals surface area contributed by atoms with Crippen LogP contribution in [0.5, 0.6) is 0 Å². The minimum atomic E-state index is -0.552. The molecule has 1 saturated heterocycles. The Morgan fingerprint density at radius 3 is 2.61 bits per heavy atom. The van der Waals surface area contributed by atoms with Crippen molar-refractivity contribution < 1.29 is 14.1 Å². The number of nitrogens with one attached hydrogen (secondary N) is 1. The molecular weight excluding hydrogens is 485 g/mol. The van der Waals surface area contributed by atoms with Crippen molar-refractivity contribution in [2.24, 2.45) is 4.99 Å². The maximum absolute atomic E-state index is 12.3. The predicted molar refractivity (Wildman–Crippen MR) is 123 cm³/mol. The minimum absolute atomic E-state index is 0.100. The highest BCUT2D eigenvalue weighted by atomic mass is 35.5. The number of furan rings is 1. The van der Waals surface area contributed by atoms with Crippen LogP contribution in [0.3, 0.4) is 0 Å². The standard InChI is InChI=1S/C20H10Cl3N3O4S/c21-10-1-4-14(22)13(7-10)17-6-3-12(30-17)9-18-19(27)25-20(31-18)24-16-5-2-11(26(28)29)8-15(16)23/h1-9H,(H,24,25,27)/b18-9+. The number of nitrogens with zero attached hydrogens (tertiary/aromatic N) is 2. The Morgan fingerprint density at radius 2 is 1.87 bits per heavy atom. The Balaban J connectivity index is 1.56. The third-order valence-corrected chi connectivity index (χ3v) is 5.89. The second kappa shape index (κ2) is 8.76. The average Bonchev–Trinajstić information content (AvgIpc) is 3.32. The van der Waals surface area contributed by atoms with Gasteiger partial charge in [0.15, 0.2) is 5.17 Å². The maximum Gasteiger partial charge on any atom is 0.271 e. The summed E-state index contributed by atoms with van der Waals surface area (Å²) in [5, 5.41) is 14.8. The fourth-order valence-electron chi connectivity index (χ4n) is 2.68. The zero-order chi connectivity index (χ0) is 22.1. The Hall–Kier alpha value is -2.78. The Kier molecular flexibility index (Phi) is 6.06. The molecule has 7 nitrogen and oxygen atoms in total. The van der Waals surface area contributed by atoms with Crippen molar-refractivity contribution in [2.45, 2.75) is 0 Å². The van der Waals surface area contributed by atoms with Crippen LogP contribution in [0.4, 0.5) is 11.4 Å². The maximum atomic E-state index is 12.3. The Bertz CT molecular complexity index is 1290. The molecule has 1 amide bonds. The summed E-state index contributed by atoms with van der Waals surface area (Å²) in [7, 11) is 0. The van der Waals surface area contributed by atoms with E-state index in [0.29, 0.717) is 37.7 Å². The van der Waals surface area contributed by atoms with Crippen LogP contribution in [0.1, 0.15) is 5.76 Å². The average molecular weight is 495 g/mol. The number of benzene rings is 2. The van der Waals surface area contributed by atoms with Crippen LogP contribution in [0, 0.1) is 10.1 Å². The van der Waals surface area contributed by atoms with Crippen LogP contribution in [-0.4, -0.2) is 16.0 Å². The van der Waals surface area contributed by atoms with Gasteiger partial charge in [-0.1, -0.05) is 34.8 Å². The molecule has 1 aliphatic rings. The Morgan fingerprint density at radius 1 is 1.06 bits per heavy atom. The van der Waals surface area contributed by atoms with E-state index < -0.39 is 4.92 Å². The highest BCUT2D eigenvalue weighted by Crippen LogP contribution is 2.35. The lowest BCUT2D eigenvalue weighted by Gasteiger charge is -2.01. The van der Waals surface area contributed by atoms with E-state index in [4.69, 9.17) is 39.2 Å². The summed E-state index contributed by atoms with van der Waals surface area (Å²) in [5.41, 5.74) is 0.788. The number of hydrogen-bond donors (Lipinski definition) is 1. The number of amides is 1. The molecule has 31 heavy (non-hydrogen) atoms. The number of thioether (sulfide) groups is 1. The first-order valence-electron chi connectivity index (χ1n) is 8.59. The van der Waals surface area contributed by atoms with Crippen LogP contribution in [-0.2, 0) is 4.79 Å². The van der Waals surface area contributed by atoms with E-state index in [1.54, 1.807) is 36.4 Å². The molecule has 1 aliphatic heterocycles. The number of nitro benzene ring substituents is 1. The van der Waals surface area contributed by atoms with Gasteiger partial charge in [0.2, 0.25) is 0 Å². The molecule has 156 valence electrons. The number of rotatable bonds is 4. The molecule has 2 aromatic carbocycles. The molecule has 0 spiro atoms. The molecule has 0 radical (unpaired) electrons. The molecule has 0 saturated carbocycles. The van der Waals surface area contributed by atoms with Crippen LogP contribution >= 0.6 is 46.6 Å². The van der Waals surface area contributed by atoms with Gasteiger partial charge in [-0.2, -0.15) is 0 Å². The number of hydrogen-bond acceptors (Lipinski definition) is 6. The summed E-state index contributed by atoms with van der Waals surface area (Å²) in [6.45, 7) is 0. The van der Waals surface area contributed by atoms with Crippen molar-refractivity contribution in [1.82, 2.24) is 5.32 Å². The van der Waals surface area contributed by atoms with Crippen molar-refractivity contribution in [1.29, 1.82) is 0 Å². The molecule has 1 N–H and O–H groups in total. The number of carbonyl (C=O) groups excluding carboxylic acids is 1. The molecule has 0 aliphatic carbocycles. The van der Waals surface area contributed by atoms with E-state index in [9.17, 15) is 14.9 Å². The largest absolute Gasteiger partial charge is 0.457 e. The summed E-state index contributed by atoms with van der Waals surface area (Å²) in [4.78, 5) is 27.2. The van der Waals surface area contributed by atoms with Crippen molar-refractivity contribution in [3.8, 4) is 11.3 Å². The lowest BCUT2D eigenvalue weighted by atomic mass is 10.2. The van der Waals surface area contributed by atoms with E-state index in [-0.39, 0.29) is 21.8 Å². The number of nitro groups is 1. The number of amidine groups is 1. The fraction of sp³-hybridized carbons (Fsp3) is 0. The highest BCUT2D eigenvalue weighted by Gasteiger charge is 2.25. The molecule has 11 heteroatoms. The van der Waals surface area contributed by atoms with E-state index >= 15 is 0 Å².